The van der Waals surface area contributed by atoms with Gasteiger partial charge in [0.15, 0.2) is 0 Å². The summed E-state index contributed by atoms with van der Waals surface area (Å²) in [6.45, 7) is 3.95. The molecule has 0 radical (unpaired) electrons. The number of hydrogen-bond donors (Lipinski definition) is 1. The van der Waals surface area contributed by atoms with E-state index < -0.39 is 0 Å². The molecule has 0 saturated heterocycles. The summed E-state index contributed by atoms with van der Waals surface area (Å²) in [6, 6.07) is 1.93. The smallest absolute Gasteiger partial charge is 0.130 e. The highest BCUT2D eigenvalue weighted by Crippen LogP contribution is 2.05. The molecule has 1 atom stereocenters. The molecule has 0 aliphatic heterocycles. The average molecular weight is 175 g/mol. The minimum absolute atomic E-state index is 0.0503. The first-order chi connectivity index (χ1) is 6.26. The molecule has 1 rings (SSSR count). The topological polar surface area (TPSA) is 37.8 Å². The summed E-state index contributed by atoms with van der Waals surface area (Å²) in [7, 11) is 0. The Hall–Kier alpha value is -1.56. The van der Waals surface area contributed by atoms with E-state index in [2.05, 4.69) is 21.2 Å². The molecular formula is C10H13N3. The number of aryl methyl sites for hydroxylation is 1. The molecule has 0 aliphatic carbocycles. The second kappa shape index (κ2) is 4.46. The van der Waals surface area contributed by atoms with Crippen molar-refractivity contribution in [3.05, 3.63) is 18.1 Å². The van der Waals surface area contributed by atoms with Gasteiger partial charge in [0, 0.05) is 11.8 Å². The van der Waals surface area contributed by atoms with Crippen molar-refractivity contribution < 1.29 is 0 Å². The zero-order chi connectivity index (χ0) is 9.68. The van der Waals surface area contributed by atoms with Crippen LogP contribution in [-0.2, 0) is 0 Å². The van der Waals surface area contributed by atoms with Crippen LogP contribution in [-0.4, -0.2) is 16.0 Å². The highest BCUT2D eigenvalue weighted by Gasteiger charge is 2.01. The molecule has 1 aromatic rings. The standard InChI is InChI=1S/C10H13N3/c1-4-9(5-2)13-10-6-8(3)11-7-12-10/h1,6-7,9H,5H2,2-3H3,(H,11,12,13). The van der Waals surface area contributed by atoms with E-state index in [1.54, 1.807) is 0 Å². The van der Waals surface area contributed by atoms with Gasteiger partial charge in [0.25, 0.3) is 0 Å². The van der Waals surface area contributed by atoms with Gasteiger partial charge in [0.05, 0.1) is 6.04 Å². The molecule has 0 aromatic carbocycles. The minimum Gasteiger partial charge on any atom is -0.356 e. The summed E-state index contributed by atoms with van der Waals surface area (Å²) in [5, 5.41) is 3.13. The average Bonchev–Trinajstić information content (AvgIpc) is 2.14. The van der Waals surface area contributed by atoms with Crippen LogP contribution in [0, 0.1) is 19.3 Å². The number of terminal acetylenes is 1. The van der Waals surface area contributed by atoms with Crippen LogP contribution in [0.15, 0.2) is 12.4 Å². The number of rotatable bonds is 3. The fourth-order valence-corrected chi connectivity index (χ4v) is 0.974. The molecule has 68 valence electrons. The molecule has 0 saturated carbocycles. The second-order valence-electron chi connectivity index (χ2n) is 2.82. The number of anilines is 1. The number of aromatic nitrogens is 2. The largest absolute Gasteiger partial charge is 0.356 e. The maximum absolute atomic E-state index is 5.31. The van der Waals surface area contributed by atoms with Gasteiger partial charge in [-0.2, -0.15) is 0 Å². The highest BCUT2D eigenvalue weighted by atomic mass is 15.0. The zero-order valence-corrected chi connectivity index (χ0v) is 7.91. The SMILES string of the molecule is C#CC(CC)Nc1cc(C)ncn1. The molecule has 13 heavy (non-hydrogen) atoms. The van der Waals surface area contributed by atoms with Crippen LogP contribution in [0.1, 0.15) is 19.0 Å². The van der Waals surface area contributed by atoms with E-state index >= 15 is 0 Å². The summed E-state index contributed by atoms with van der Waals surface area (Å²) < 4.78 is 0. The maximum atomic E-state index is 5.31. The van der Waals surface area contributed by atoms with Crippen molar-refractivity contribution in [2.75, 3.05) is 5.32 Å². The van der Waals surface area contributed by atoms with Gasteiger partial charge in [0.2, 0.25) is 0 Å². The van der Waals surface area contributed by atoms with Gasteiger partial charge in [0.1, 0.15) is 12.1 Å². The molecule has 0 fully saturated rings. The quantitative estimate of drug-likeness (QED) is 0.709. The summed E-state index contributed by atoms with van der Waals surface area (Å²) in [5.74, 6) is 3.44. The van der Waals surface area contributed by atoms with Crippen molar-refractivity contribution >= 4 is 5.82 Å². The molecule has 0 amide bonds. The summed E-state index contributed by atoms with van der Waals surface area (Å²) in [4.78, 5) is 8.05. The minimum atomic E-state index is 0.0503. The van der Waals surface area contributed by atoms with E-state index in [1.165, 1.54) is 6.33 Å². The Morgan fingerprint density at radius 1 is 1.62 bits per heavy atom. The molecule has 1 unspecified atom stereocenters. The molecule has 1 N–H and O–H groups in total. The van der Waals surface area contributed by atoms with E-state index in [0.717, 1.165) is 17.9 Å². The first-order valence-corrected chi connectivity index (χ1v) is 4.27. The Balaban J connectivity index is 2.69. The fraction of sp³-hybridized carbons (Fsp3) is 0.400. The van der Waals surface area contributed by atoms with Crippen molar-refractivity contribution in [2.24, 2.45) is 0 Å². The van der Waals surface area contributed by atoms with Crippen molar-refractivity contribution in [1.82, 2.24) is 9.97 Å². The summed E-state index contributed by atoms with van der Waals surface area (Å²) in [6.07, 6.45) is 7.73. The lowest BCUT2D eigenvalue weighted by atomic mass is 10.2. The second-order valence-corrected chi connectivity index (χ2v) is 2.82. The van der Waals surface area contributed by atoms with Gasteiger partial charge >= 0.3 is 0 Å². The summed E-state index contributed by atoms with van der Waals surface area (Å²) in [5.41, 5.74) is 0.935. The predicted molar refractivity (Wildman–Crippen MR) is 53.3 cm³/mol. The lowest BCUT2D eigenvalue weighted by molar-refractivity contribution is 0.848. The third kappa shape index (κ3) is 2.75. The van der Waals surface area contributed by atoms with Crippen LogP contribution >= 0.6 is 0 Å². The zero-order valence-electron chi connectivity index (χ0n) is 7.91. The van der Waals surface area contributed by atoms with Gasteiger partial charge in [-0.05, 0) is 13.3 Å². The molecule has 1 heterocycles. The lowest BCUT2D eigenvalue weighted by Crippen LogP contribution is -2.16. The first-order valence-electron chi connectivity index (χ1n) is 4.27. The van der Waals surface area contributed by atoms with Gasteiger partial charge in [-0.3, -0.25) is 0 Å². The van der Waals surface area contributed by atoms with E-state index in [-0.39, 0.29) is 6.04 Å². The van der Waals surface area contributed by atoms with Crippen molar-refractivity contribution in [3.8, 4) is 12.3 Å². The van der Waals surface area contributed by atoms with Crippen molar-refractivity contribution in [1.29, 1.82) is 0 Å². The number of nitrogens with zero attached hydrogens (tertiary/aromatic N) is 2. The number of nitrogens with one attached hydrogen (secondary N) is 1. The molecule has 1 aromatic heterocycles. The third-order valence-corrected chi connectivity index (χ3v) is 1.74. The van der Waals surface area contributed by atoms with Crippen LogP contribution in [0.2, 0.25) is 0 Å². The van der Waals surface area contributed by atoms with Crippen molar-refractivity contribution in [2.45, 2.75) is 26.3 Å². The molecule has 3 heteroatoms. The van der Waals surface area contributed by atoms with E-state index in [9.17, 15) is 0 Å². The normalized spacial score (nSPS) is 11.8. The fourth-order valence-electron chi connectivity index (χ4n) is 0.974. The van der Waals surface area contributed by atoms with Gasteiger partial charge in [-0.15, -0.1) is 6.42 Å². The van der Waals surface area contributed by atoms with Gasteiger partial charge < -0.3 is 5.32 Å². The van der Waals surface area contributed by atoms with E-state index in [4.69, 9.17) is 6.42 Å². The predicted octanol–water partition coefficient (Wildman–Crippen LogP) is 1.61. The van der Waals surface area contributed by atoms with Crippen LogP contribution < -0.4 is 5.32 Å². The van der Waals surface area contributed by atoms with E-state index in [1.807, 2.05) is 19.9 Å². The van der Waals surface area contributed by atoms with Gasteiger partial charge in [-0.25, -0.2) is 9.97 Å². The van der Waals surface area contributed by atoms with Crippen LogP contribution in [0.25, 0.3) is 0 Å². The Bertz CT molecular complexity index is 314. The Morgan fingerprint density at radius 3 is 2.92 bits per heavy atom. The van der Waals surface area contributed by atoms with Crippen LogP contribution in [0.4, 0.5) is 5.82 Å². The Kier molecular flexibility index (Phi) is 3.27. The molecule has 3 nitrogen and oxygen atoms in total. The molecule has 0 aliphatic rings. The van der Waals surface area contributed by atoms with Crippen molar-refractivity contribution in [3.63, 3.8) is 0 Å². The molecule has 0 bridgehead atoms. The third-order valence-electron chi connectivity index (χ3n) is 1.74. The summed E-state index contributed by atoms with van der Waals surface area (Å²) >= 11 is 0. The first kappa shape index (κ1) is 9.53. The van der Waals surface area contributed by atoms with Gasteiger partial charge in [-0.1, -0.05) is 12.8 Å². The highest BCUT2D eigenvalue weighted by molar-refractivity contribution is 5.37. The van der Waals surface area contributed by atoms with Crippen LogP contribution in [0.5, 0.6) is 0 Å². The monoisotopic (exact) mass is 175 g/mol. The number of hydrogen-bond acceptors (Lipinski definition) is 3. The van der Waals surface area contributed by atoms with E-state index in [0.29, 0.717) is 0 Å². The Morgan fingerprint density at radius 2 is 2.38 bits per heavy atom. The molecular weight excluding hydrogens is 162 g/mol. The lowest BCUT2D eigenvalue weighted by Gasteiger charge is -2.10. The maximum Gasteiger partial charge on any atom is 0.130 e. The van der Waals surface area contributed by atoms with Crippen LogP contribution in [0.3, 0.4) is 0 Å². The Labute approximate surface area is 78.6 Å². The molecule has 0 spiro atoms.